The molecule has 2 aromatic rings. The van der Waals surface area contributed by atoms with Crippen LogP contribution in [0.3, 0.4) is 0 Å². The van der Waals surface area contributed by atoms with Gasteiger partial charge in [0.25, 0.3) is 0 Å². The van der Waals surface area contributed by atoms with Crippen LogP contribution in [-0.4, -0.2) is 37.2 Å². The largest absolute Gasteiger partial charge is 0.435 e. The van der Waals surface area contributed by atoms with Crippen LogP contribution in [-0.2, 0) is 21.0 Å². The molecule has 2 heterocycles. The molecule has 0 aliphatic carbocycles. The van der Waals surface area contributed by atoms with E-state index in [2.05, 4.69) is 9.82 Å². The standard InChI is InChI=1S/C19H23F3N4O3S/c1-2-14(26-13-10-17(24-26)19(20,21)22)9-11-23-30(28,29)16-7-5-15(6-8-16)25-12-3-4-18(25)27/h5-8,10,13-14,23H,2-4,9,11-12H2,1H3/t14-/m0/s1. The van der Waals surface area contributed by atoms with Gasteiger partial charge in [-0.05, 0) is 49.6 Å². The van der Waals surface area contributed by atoms with Crippen LogP contribution in [0.15, 0.2) is 41.4 Å². The maximum atomic E-state index is 12.7. The van der Waals surface area contributed by atoms with Gasteiger partial charge in [-0.15, -0.1) is 0 Å². The maximum absolute atomic E-state index is 12.7. The highest BCUT2D eigenvalue weighted by atomic mass is 32.2. The zero-order valence-corrected chi connectivity index (χ0v) is 17.2. The lowest BCUT2D eigenvalue weighted by Gasteiger charge is -2.17. The topological polar surface area (TPSA) is 84.3 Å². The zero-order valence-electron chi connectivity index (χ0n) is 16.4. The van der Waals surface area contributed by atoms with Crippen LogP contribution in [0.2, 0.25) is 0 Å². The van der Waals surface area contributed by atoms with Gasteiger partial charge in [-0.2, -0.15) is 18.3 Å². The minimum Gasteiger partial charge on any atom is -0.312 e. The average Bonchev–Trinajstić information content (AvgIpc) is 3.34. The number of carbonyl (C=O) groups excluding carboxylic acids is 1. The predicted molar refractivity (Wildman–Crippen MR) is 104 cm³/mol. The van der Waals surface area contributed by atoms with E-state index in [1.807, 2.05) is 0 Å². The molecule has 0 spiro atoms. The van der Waals surface area contributed by atoms with Gasteiger partial charge >= 0.3 is 6.18 Å². The van der Waals surface area contributed by atoms with E-state index in [4.69, 9.17) is 0 Å². The minimum atomic E-state index is -4.52. The second-order valence-electron chi connectivity index (χ2n) is 7.07. The van der Waals surface area contributed by atoms with Gasteiger partial charge in [0, 0.05) is 31.4 Å². The van der Waals surface area contributed by atoms with Crippen LogP contribution in [0.1, 0.15) is 44.3 Å². The Morgan fingerprint density at radius 3 is 2.43 bits per heavy atom. The molecule has 1 aliphatic heterocycles. The lowest BCUT2D eigenvalue weighted by Crippen LogP contribution is -2.27. The van der Waals surface area contributed by atoms with E-state index in [-0.39, 0.29) is 29.8 Å². The number of benzene rings is 1. The van der Waals surface area contributed by atoms with Gasteiger partial charge in [-0.3, -0.25) is 9.48 Å². The number of hydrogen-bond donors (Lipinski definition) is 1. The van der Waals surface area contributed by atoms with Crippen LogP contribution in [0.25, 0.3) is 0 Å². The Kier molecular flexibility index (Phi) is 6.51. The summed E-state index contributed by atoms with van der Waals surface area (Å²) in [4.78, 5) is 13.5. The van der Waals surface area contributed by atoms with Crippen molar-refractivity contribution in [1.29, 1.82) is 0 Å². The first-order valence-electron chi connectivity index (χ1n) is 9.64. The molecule has 0 saturated carbocycles. The molecule has 11 heteroatoms. The summed E-state index contributed by atoms with van der Waals surface area (Å²) in [6.07, 6.45) is -1.21. The van der Waals surface area contributed by atoms with Gasteiger partial charge in [0.15, 0.2) is 5.69 Å². The molecular weight excluding hydrogens is 421 g/mol. The normalized spacial score (nSPS) is 16.3. The van der Waals surface area contributed by atoms with Crippen molar-refractivity contribution in [3.8, 4) is 0 Å². The van der Waals surface area contributed by atoms with Crippen LogP contribution >= 0.6 is 0 Å². The lowest BCUT2D eigenvalue weighted by atomic mass is 10.1. The Balaban J connectivity index is 1.60. The van der Waals surface area contributed by atoms with Crippen molar-refractivity contribution in [2.45, 2.75) is 49.7 Å². The molecule has 1 fully saturated rings. The molecule has 0 bridgehead atoms. The van der Waals surface area contributed by atoms with E-state index < -0.39 is 21.9 Å². The summed E-state index contributed by atoms with van der Waals surface area (Å²) >= 11 is 0. The van der Waals surface area contributed by atoms with E-state index in [9.17, 15) is 26.4 Å². The Bertz CT molecular complexity index is 987. The molecule has 1 aromatic carbocycles. The lowest BCUT2D eigenvalue weighted by molar-refractivity contribution is -0.141. The summed E-state index contributed by atoms with van der Waals surface area (Å²) in [7, 11) is -3.78. The van der Waals surface area contributed by atoms with Crippen LogP contribution in [0.5, 0.6) is 0 Å². The number of aromatic nitrogens is 2. The summed E-state index contributed by atoms with van der Waals surface area (Å²) < 4.78 is 66.9. The molecule has 1 aromatic heterocycles. The fourth-order valence-corrected chi connectivity index (χ4v) is 4.43. The number of nitrogens with one attached hydrogen (secondary N) is 1. The van der Waals surface area contributed by atoms with Crippen LogP contribution in [0.4, 0.5) is 18.9 Å². The smallest absolute Gasteiger partial charge is 0.312 e. The van der Waals surface area contributed by atoms with Crippen molar-refractivity contribution in [3.63, 3.8) is 0 Å². The number of halogens is 3. The molecule has 1 amide bonds. The second-order valence-corrected chi connectivity index (χ2v) is 8.84. The summed E-state index contributed by atoms with van der Waals surface area (Å²) in [5.74, 6) is 0.0154. The first-order valence-corrected chi connectivity index (χ1v) is 11.1. The highest BCUT2D eigenvalue weighted by molar-refractivity contribution is 7.89. The van der Waals surface area contributed by atoms with Gasteiger partial charge in [-0.1, -0.05) is 6.92 Å². The Morgan fingerprint density at radius 1 is 1.20 bits per heavy atom. The third-order valence-corrected chi connectivity index (χ3v) is 6.52. The molecular formula is C19H23F3N4O3S. The van der Waals surface area contributed by atoms with E-state index >= 15 is 0 Å². The van der Waals surface area contributed by atoms with Gasteiger partial charge in [-0.25, -0.2) is 13.1 Å². The van der Waals surface area contributed by atoms with Crippen LogP contribution in [0, 0.1) is 0 Å². The third kappa shape index (κ3) is 5.01. The molecule has 7 nitrogen and oxygen atoms in total. The van der Waals surface area contributed by atoms with E-state index in [0.717, 1.165) is 12.5 Å². The molecule has 1 atom stereocenters. The number of sulfonamides is 1. The second kappa shape index (κ2) is 8.76. The molecule has 3 rings (SSSR count). The fourth-order valence-electron chi connectivity index (χ4n) is 3.39. The Hall–Kier alpha value is -2.40. The Labute approximate surface area is 172 Å². The van der Waals surface area contributed by atoms with Crippen molar-refractivity contribution >= 4 is 21.6 Å². The highest BCUT2D eigenvalue weighted by Crippen LogP contribution is 2.28. The van der Waals surface area contributed by atoms with E-state index in [1.165, 1.54) is 23.0 Å². The summed E-state index contributed by atoms with van der Waals surface area (Å²) in [5.41, 5.74) is -0.320. The summed E-state index contributed by atoms with van der Waals surface area (Å²) in [6.45, 7) is 2.46. The van der Waals surface area contributed by atoms with Gasteiger partial charge in [0.05, 0.1) is 10.9 Å². The predicted octanol–water partition coefficient (Wildman–Crippen LogP) is 3.35. The molecule has 1 N–H and O–H groups in total. The molecule has 0 radical (unpaired) electrons. The maximum Gasteiger partial charge on any atom is 0.435 e. The monoisotopic (exact) mass is 444 g/mol. The van der Waals surface area contributed by atoms with Gasteiger partial charge in [0.1, 0.15) is 0 Å². The van der Waals surface area contributed by atoms with Gasteiger partial charge < -0.3 is 4.90 Å². The van der Waals surface area contributed by atoms with Gasteiger partial charge in [0.2, 0.25) is 15.9 Å². The molecule has 30 heavy (non-hydrogen) atoms. The molecule has 1 saturated heterocycles. The summed E-state index contributed by atoms with van der Waals surface area (Å²) in [5, 5.41) is 3.56. The first kappa shape index (κ1) is 22.3. The number of hydrogen-bond acceptors (Lipinski definition) is 4. The number of amides is 1. The quantitative estimate of drug-likeness (QED) is 0.677. The molecule has 0 unspecified atom stereocenters. The Morgan fingerprint density at radius 2 is 1.90 bits per heavy atom. The number of rotatable bonds is 8. The van der Waals surface area contributed by atoms with Crippen molar-refractivity contribution in [2.75, 3.05) is 18.0 Å². The zero-order chi connectivity index (χ0) is 21.9. The number of carbonyl (C=O) groups is 1. The number of nitrogens with zero attached hydrogens (tertiary/aromatic N) is 3. The van der Waals surface area contributed by atoms with Crippen molar-refractivity contribution < 1.29 is 26.4 Å². The van der Waals surface area contributed by atoms with E-state index in [0.29, 0.717) is 25.1 Å². The SMILES string of the molecule is CC[C@@H](CCNS(=O)(=O)c1ccc(N2CCCC2=O)cc1)n1ccc(C(F)(F)F)n1. The van der Waals surface area contributed by atoms with Crippen molar-refractivity contribution in [3.05, 3.63) is 42.2 Å². The molecule has 164 valence electrons. The highest BCUT2D eigenvalue weighted by Gasteiger charge is 2.34. The number of anilines is 1. The third-order valence-electron chi connectivity index (χ3n) is 5.05. The first-order chi connectivity index (χ1) is 14.1. The van der Waals surface area contributed by atoms with Crippen molar-refractivity contribution in [2.24, 2.45) is 0 Å². The van der Waals surface area contributed by atoms with E-state index in [1.54, 1.807) is 24.0 Å². The minimum absolute atomic E-state index is 0.0154. The summed E-state index contributed by atoms with van der Waals surface area (Å²) in [6, 6.07) is 6.59. The fraction of sp³-hybridized carbons (Fsp3) is 0.474. The van der Waals surface area contributed by atoms with Crippen molar-refractivity contribution in [1.82, 2.24) is 14.5 Å². The molecule has 1 aliphatic rings. The average molecular weight is 444 g/mol. The van der Waals surface area contributed by atoms with Crippen LogP contribution < -0.4 is 9.62 Å². The number of alkyl halides is 3.